The van der Waals surface area contributed by atoms with Crippen molar-refractivity contribution in [1.82, 2.24) is 20.1 Å². The highest BCUT2D eigenvalue weighted by Gasteiger charge is 2.07. The van der Waals surface area contributed by atoms with E-state index in [4.69, 9.17) is 10.5 Å². The molecule has 0 radical (unpaired) electrons. The van der Waals surface area contributed by atoms with E-state index in [9.17, 15) is 0 Å². The molecule has 0 aliphatic heterocycles. The Morgan fingerprint density at radius 3 is 3.00 bits per heavy atom. The third kappa shape index (κ3) is 5.76. The van der Waals surface area contributed by atoms with E-state index in [2.05, 4.69) is 15.4 Å². The zero-order valence-corrected chi connectivity index (χ0v) is 10.7. The van der Waals surface area contributed by atoms with Crippen molar-refractivity contribution in [3.8, 4) is 0 Å². The van der Waals surface area contributed by atoms with Crippen molar-refractivity contribution in [3.05, 3.63) is 12.2 Å². The van der Waals surface area contributed by atoms with Crippen LogP contribution in [0.25, 0.3) is 0 Å². The summed E-state index contributed by atoms with van der Waals surface area (Å²) in [6.07, 6.45) is 4.61. The van der Waals surface area contributed by atoms with Gasteiger partial charge in [-0.3, -0.25) is 4.68 Å². The van der Waals surface area contributed by atoms with Crippen molar-refractivity contribution in [3.63, 3.8) is 0 Å². The highest BCUT2D eigenvalue weighted by Crippen LogP contribution is 1.97. The molecule has 1 atom stereocenters. The van der Waals surface area contributed by atoms with Gasteiger partial charge in [-0.1, -0.05) is 0 Å². The normalized spacial score (nSPS) is 12.9. The van der Waals surface area contributed by atoms with Crippen LogP contribution in [0.2, 0.25) is 0 Å². The molecule has 1 unspecified atom stereocenters. The molecule has 98 valence electrons. The maximum absolute atomic E-state index is 5.50. The molecule has 0 fully saturated rings. The summed E-state index contributed by atoms with van der Waals surface area (Å²) >= 11 is 0. The van der Waals surface area contributed by atoms with Gasteiger partial charge in [0.15, 0.2) is 5.82 Å². The van der Waals surface area contributed by atoms with Crippen LogP contribution in [0.5, 0.6) is 0 Å². The number of aryl methyl sites for hydroxylation is 1. The summed E-state index contributed by atoms with van der Waals surface area (Å²) in [5.74, 6) is 0.870. The van der Waals surface area contributed by atoms with E-state index in [-0.39, 0.29) is 0 Å². The van der Waals surface area contributed by atoms with Crippen LogP contribution in [0.3, 0.4) is 0 Å². The van der Waals surface area contributed by atoms with Crippen LogP contribution >= 0.6 is 0 Å². The monoisotopic (exact) mass is 241 g/mol. The molecule has 0 saturated heterocycles. The molecule has 0 bridgehead atoms. The van der Waals surface area contributed by atoms with Crippen LogP contribution in [0.15, 0.2) is 6.33 Å². The Kier molecular flexibility index (Phi) is 6.76. The maximum Gasteiger partial charge on any atom is 0.151 e. The standard InChI is InChI=1S/C11H23N5O/c1-16-9-14-11(15-16)5-7-13-10(8-17-2)4-3-6-12/h9-10,13H,3-8,12H2,1-2H3. The summed E-state index contributed by atoms with van der Waals surface area (Å²) < 4.78 is 6.89. The highest BCUT2D eigenvalue weighted by molar-refractivity contribution is 4.82. The van der Waals surface area contributed by atoms with Crippen LogP contribution in [0, 0.1) is 0 Å². The SMILES string of the molecule is COCC(CCCN)NCCc1ncn(C)n1. The molecule has 1 aromatic heterocycles. The maximum atomic E-state index is 5.50. The summed E-state index contributed by atoms with van der Waals surface area (Å²) in [6.45, 7) is 2.31. The Labute approximate surface area is 103 Å². The second kappa shape index (κ2) is 8.16. The topological polar surface area (TPSA) is 78.0 Å². The van der Waals surface area contributed by atoms with Gasteiger partial charge in [-0.25, -0.2) is 4.98 Å². The van der Waals surface area contributed by atoms with Crippen molar-refractivity contribution < 1.29 is 4.74 Å². The highest BCUT2D eigenvalue weighted by atomic mass is 16.5. The number of ether oxygens (including phenoxy) is 1. The minimum atomic E-state index is 0.368. The van der Waals surface area contributed by atoms with E-state index in [1.165, 1.54) is 0 Å². The van der Waals surface area contributed by atoms with Gasteiger partial charge in [0.1, 0.15) is 6.33 Å². The van der Waals surface area contributed by atoms with Gasteiger partial charge in [0.2, 0.25) is 0 Å². The van der Waals surface area contributed by atoms with Crippen molar-refractivity contribution in [1.29, 1.82) is 0 Å². The molecule has 6 nitrogen and oxygen atoms in total. The van der Waals surface area contributed by atoms with Gasteiger partial charge in [0.25, 0.3) is 0 Å². The fraction of sp³-hybridized carbons (Fsp3) is 0.818. The lowest BCUT2D eigenvalue weighted by atomic mass is 10.1. The fourth-order valence-corrected chi connectivity index (χ4v) is 1.70. The van der Waals surface area contributed by atoms with E-state index in [0.717, 1.165) is 44.8 Å². The van der Waals surface area contributed by atoms with E-state index in [1.54, 1.807) is 18.1 Å². The van der Waals surface area contributed by atoms with Gasteiger partial charge in [0, 0.05) is 33.2 Å². The molecule has 1 rings (SSSR count). The van der Waals surface area contributed by atoms with Gasteiger partial charge in [-0.2, -0.15) is 5.10 Å². The van der Waals surface area contributed by atoms with E-state index in [0.29, 0.717) is 6.04 Å². The molecular weight excluding hydrogens is 218 g/mol. The van der Waals surface area contributed by atoms with Gasteiger partial charge in [-0.15, -0.1) is 0 Å². The number of hydrogen-bond acceptors (Lipinski definition) is 5. The van der Waals surface area contributed by atoms with Crippen LogP contribution in [0.4, 0.5) is 0 Å². The van der Waals surface area contributed by atoms with Crippen LogP contribution in [0.1, 0.15) is 18.7 Å². The summed E-state index contributed by atoms with van der Waals surface area (Å²) in [6, 6.07) is 0.368. The van der Waals surface area contributed by atoms with Crippen molar-refractivity contribution in [2.24, 2.45) is 12.8 Å². The predicted molar refractivity (Wildman–Crippen MR) is 66.7 cm³/mol. The Morgan fingerprint density at radius 2 is 2.41 bits per heavy atom. The predicted octanol–water partition coefficient (Wildman–Crippen LogP) is -0.299. The van der Waals surface area contributed by atoms with E-state index >= 15 is 0 Å². The van der Waals surface area contributed by atoms with Gasteiger partial charge in [-0.05, 0) is 19.4 Å². The zero-order valence-electron chi connectivity index (χ0n) is 10.7. The zero-order chi connectivity index (χ0) is 12.5. The Balaban J connectivity index is 2.21. The largest absolute Gasteiger partial charge is 0.383 e. The summed E-state index contributed by atoms with van der Waals surface area (Å²) in [7, 11) is 3.59. The summed E-state index contributed by atoms with van der Waals surface area (Å²) in [5, 5.41) is 7.67. The van der Waals surface area contributed by atoms with E-state index < -0.39 is 0 Å². The Bertz CT molecular complexity index is 302. The van der Waals surface area contributed by atoms with Crippen LogP contribution in [-0.2, 0) is 18.2 Å². The number of rotatable bonds is 9. The van der Waals surface area contributed by atoms with Gasteiger partial charge in [0.05, 0.1) is 6.61 Å². The number of aromatic nitrogens is 3. The first kappa shape index (κ1) is 14.1. The molecule has 0 amide bonds. The molecular formula is C11H23N5O. The molecule has 17 heavy (non-hydrogen) atoms. The third-order valence-electron chi connectivity index (χ3n) is 2.55. The Hall–Kier alpha value is -0.980. The molecule has 3 N–H and O–H groups in total. The number of methoxy groups -OCH3 is 1. The Morgan fingerprint density at radius 1 is 1.59 bits per heavy atom. The minimum Gasteiger partial charge on any atom is -0.383 e. The lowest BCUT2D eigenvalue weighted by Crippen LogP contribution is -2.35. The second-order valence-electron chi connectivity index (χ2n) is 4.12. The van der Waals surface area contributed by atoms with Gasteiger partial charge < -0.3 is 15.8 Å². The molecule has 1 heterocycles. The lowest BCUT2D eigenvalue weighted by Gasteiger charge is -2.16. The molecule has 6 heteroatoms. The summed E-state index contributed by atoms with van der Waals surface area (Å²) in [4.78, 5) is 4.18. The average Bonchev–Trinajstić information content (AvgIpc) is 2.72. The molecule has 0 aliphatic rings. The first-order valence-electron chi connectivity index (χ1n) is 6.03. The first-order chi connectivity index (χ1) is 8.26. The number of nitrogens with zero attached hydrogens (tertiary/aromatic N) is 3. The van der Waals surface area contributed by atoms with Crippen LogP contribution in [-0.4, -0.2) is 47.6 Å². The quantitative estimate of drug-likeness (QED) is 0.621. The van der Waals surface area contributed by atoms with Crippen LogP contribution < -0.4 is 11.1 Å². The molecule has 0 saturated carbocycles. The molecule has 0 aliphatic carbocycles. The number of hydrogen-bond donors (Lipinski definition) is 2. The molecule has 0 aromatic carbocycles. The second-order valence-corrected chi connectivity index (χ2v) is 4.12. The van der Waals surface area contributed by atoms with Crippen molar-refractivity contribution in [2.75, 3.05) is 26.8 Å². The van der Waals surface area contributed by atoms with E-state index in [1.807, 2.05) is 7.05 Å². The average molecular weight is 241 g/mol. The van der Waals surface area contributed by atoms with Crippen molar-refractivity contribution >= 4 is 0 Å². The summed E-state index contributed by atoms with van der Waals surface area (Å²) in [5.41, 5.74) is 5.50. The smallest absolute Gasteiger partial charge is 0.151 e. The molecule has 0 spiro atoms. The fourth-order valence-electron chi connectivity index (χ4n) is 1.70. The van der Waals surface area contributed by atoms with Gasteiger partial charge >= 0.3 is 0 Å². The lowest BCUT2D eigenvalue weighted by molar-refractivity contribution is 0.162. The first-order valence-corrected chi connectivity index (χ1v) is 6.03. The van der Waals surface area contributed by atoms with Crippen molar-refractivity contribution in [2.45, 2.75) is 25.3 Å². The minimum absolute atomic E-state index is 0.368. The number of nitrogens with two attached hydrogens (primary N) is 1. The molecule has 1 aromatic rings. The number of nitrogens with one attached hydrogen (secondary N) is 1. The third-order valence-corrected chi connectivity index (χ3v) is 2.55.